The molecular formula is C14H21NO2. The van der Waals surface area contributed by atoms with Crippen LogP contribution in [0.4, 0.5) is 0 Å². The van der Waals surface area contributed by atoms with Gasteiger partial charge in [0.25, 0.3) is 0 Å². The zero-order valence-electron chi connectivity index (χ0n) is 10.9. The summed E-state index contributed by atoms with van der Waals surface area (Å²) in [6.45, 7) is 3.39. The van der Waals surface area contributed by atoms with Crippen molar-refractivity contribution < 1.29 is 9.47 Å². The predicted molar refractivity (Wildman–Crippen MR) is 68.9 cm³/mol. The maximum absolute atomic E-state index is 5.47. The molecule has 1 aliphatic rings. The number of hydrogen-bond donors (Lipinski definition) is 1. The highest BCUT2D eigenvalue weighted by Crippen LogP contribution is 2.34. The number of nitrogens with one attached hydrogen (secondary N) is 1. The van der Waals surface area contributed by atoms with Crippen LogP contribution in [-0.2, 0) is 6.42 Å². The molecule has 1 aliphatic heterocycles. The Morgan fingerprint density at radius 2 is 2.12 bits per heavy atom. The molecule has 1 atom stereocenters. The third-order valence-corrected chi connectivity index (χ3v) is 3.52. The van der Waals surface area contributed by atoms with Crippen LogP contribution in [0.2, 0.25) is 0 Å². The molecule has 0 amide bonds. The summed E-state index contributed by atoms with van der Waals surface area (Å²) in [6, 6.07) is 6.08. The average Bonchev–Trinajstić information content (AvgIpc) is 2.75. The van der Waals surface area contributed by atoms with Crippen molar-refractivity contribution in [2.45, 2.75) is 31.7 Å². The maximum atomic E-state index is 5.47. The number of hydrogen-bond acceptors (Lipinski definition) is 3. The molecule has 1 saturated heterocycles. The van der Waals surface area contributed by atoms with E-state index in [9.17, 15) is 0 Å². The van der Waals surface area contributed by atoms with Crippen molar-refractivity contribution in [3.05, 3.63) is 23.8 Å². The van der Waals surface area contributed by atoms with Crippen LogP contribution in [-0.4, -0.2) is 26.3 Å². The lowest BCUT2D eigenvalue weighted by molar-refractivity contribution is 0.343. The Hall–Kier alpha value is -1.22. The van der Waals surface area contributed by atoms with Gasteiger partial charge in [0.05, 0.1) is 14.2 Å². The van der Waals surface area contributed by atoms with Crippen molar-refractivity contribution in [2.75, 3.05) is 20.8 Å². The lowest BCUT2D eigenvalue weighted by atomic mass is 9.91. The van der Waals surface area contributed by atoms with Crippen LogP contribution in [0, 0.1) is 0 Å². The van der Waals surface area contributed by atoms with Crippen LogP contribution in [0.25, 0.3) is 0 Å². The van der Waals surface area contributed by atoms with E-state index in [-0.39, 0.29) is 5.54 Å². The molecule has 0 saturated carbocycles. The second-order valence-corrected chi connectivity index (χ2v) is 4.92. The van der Waals surface area contributed by atoms with Gasteiger partial charge in [-0.1, -0.05) is 12.1 Å². The fourth-order valence-electron chi connectivity index (χ4n) is 2.62. The van der Waals surface area contributed by atoms with Crippen LogP contribution in [0.1, 0.15) is 25.3 Å². The van der Waals surface area contributed by atoms with Crippen molar-refractivity contribution in [3.8, 4) is 11.5 Å². The van der Waals surface area contributed by atoms with Gasteiger partial charge in [-0.05, 0) is 44.4 Å². The Balaban J connectivity index is 2.25. The van der Waals surface area contributed by atoms with E-state index in [2.05, 4.69) is 18.3 Å². The molecule has 94 valence electrons. The second kappa shape index (κ2) is 4.96. The summed E-state index contributed by atoms with van der Waals surface area (Å²) < 4.78 is 10.8. The lowest BCUT2D eigenvalue weighted by Gasteiger charge is -2.25. The largest absolute Gasteiger partial charge is 0.493 e. The van der Waals surface area contributed by atoms with Gasteiger partial charge >= 0.3 is 0 Å². The van der Waals surface area contributed by atoms with E-state index < -0.39 is 0 Å². The Labute approximate surface area is 103 Å². The zero-order chi connectivity index (χ0) is 12.3. The summed E-state index contributed by atoms with van der Waals surface area (Å²) in [5, 5.41) is 3.57. The monoisotopic (exact) mass is 235 g/mol. The third-order valence-electron chi connectivity index (χ3n) is 3.52. The van der Waals surface area contributed by atoms with Crippen molar-refractivity contribution in [2.24, 2.45) is 0 Å². The van der Waals surface area contributed by atoms with Crippen molar-refractivity contribution in [1.29, 1.82) is 0 Å². The Kier molecular flexibility index (Phi) is 3.57. The first-order valence-electron chi connectivity index (χ1n) is 6.13. The summed E-state index contributed by atoms with van der Waals surface area (Å²) in [5.41, 5.74) is 1.41. The minimum atomic E-state index is 0.194. The number of methoxy groups -OCH3 is 2. The minimum absolute atomic E-state index is 0.194. The molecule has 1 heterocycles. The van der Waals surface area contributed by atoms with Gasteiger partial charge in [-0.3, -0.25) is 0 Å². The van der Waals surface area contributed by atoms with Gasteiger partial charge in [0.1, 0.15) is 0 Å². The molecule has 3 heteroatoms. The first kappa shape index (κ1) is 12.2. The smallest absolute Gasteiger partial charge is 0.163 e. The van der Waals surface area contributed by atoms with Gasteiger partial charge in [-0.15, -0.1) is 0 Å². The molecule has 0 spiro atoms. The Morgan fingerprint density at radius 1 is 1.29 bits per heavy atom. The average molecular weight is 235 g/mol. The van der Waals surface area contributed by atoms with Crippen molar-refractivity contribution in [1.82, 2.24) is 5.32 Å². The van der Waals surface area contributed by atoms with Crippen LogP contribution in [0.15, 0.2) is 18.2 Å². The van der Waals surface area contributed by atoms with Crippen molar-refractivity contribution >= 4 is 0 Å². The van der Waals surface area contributed by atoms with E-state index in [0.717, 1.165) is 24.5 Å². The Morgan fingerprint density at radius 3 is 2.71 bits per heavy atom. The van der Waals surface area contributed by atoms with Crippen molar-refractivity contribution in [3.63, 3.8) is 0 Å². The Bertz CT molecular complexity index is 384. The molecule has 3 nitrogen and oxygen atoms in total. The molecule has 0 bridgehead atoms. The summed E-state index contributed by atoms with van der Waals surface area (Å²) in [7, 11) is 3.38. The quantitative estimate of drug-likeness (QED) is 0.869. The first-order chi connectivity index (χ1) is 8.18. The van der Waals surface area contributed by atoms with E-state index in [1.54, 1.807) is 14.2 Å². The highest BCUT2D eigenvalue weighted by molar-refractivity contribution is 5.47. The highest BCUT2D eigenvalue weighted by Gasteiger charge is 2.29. The molecule has 0 radical (unpaired) electrons. The molecule has 0 aromatic heterocycles. The molecule has 1 aromatic rings. The fourth-order valence-corrected chi connectivity index (χ4v) is 2.62. The van der Waals surface area contributed by atoms with Crippen LogP contribution >= 0.6 is 0 Å². The maximum Gasteiger partial charge on any atom is 0.163 e. The molecule has 17 heavy (non-hydrogen) atoms. The van der Waals surface area contributed by atoms with Gasteiger partial charge in [0, 0.05) is 5.54 Å². The van der Waals surface area contributed by atoms with Gasteiger partial charge in [0.15, 0.2) is 11.5 Å². The lowest BCUT2D eigenvalue weighted by Crippen LogP contribution is -2.38. The molecule has 0 aliphatic carbocycles. The molecule has 1 fully saturated rings. The highest BCUT2D eigenvalue weighted by atomic mass is 16.5. The molecule has 1 N–H and O–H groups in total. The molecular weight excluding hydrogens is 214 g/mol. The van der Waals surface area contributed by atoms with E-state index in [0.29, 0.717) is 0 Å². The summed E-state index contributed by atoms with van der Waals surface area (Å²) >= 11 is 0. The summed E-state index contributed by atoms with van der Waals surface area (Å²) in [4.78, 5) is 0. The van der Waals surface area contributed by atoms with E-state index in [4.69, 9.17) is 9.47 Å². The van der Waals surface area contributed by atoms with Gasteiger partial charge in [-0.2, -0.15) is 0 Å². The number of para-hydroxylation sites is 1. The standard InChI is InChI=1S/C14H21NO2/c1-14(8-5-9-15-14)10-11-6-4-7-12(16-2)13(11)17-3/h4,6-7,15H,5,8-10H2,1-3H3. The van der Waals surface area contributed by atoms with Crippen LogP contribution < -0.4 is 14.8 Å². The first-order valence-corrected chi connectivity index (χ1v) is 6.13. The minimum Gasteiger partial charge on any atom is -0.493 e. The zero-order valence-corrected chi connectivity index (χ0v) is 10.9. The van der Waals surface area contributed by atoms with Gasteiger partial charge < -0.3 is 14.8 Å². The summed E-state index contributed by atoms with van der Waals surface area (Å²) in [5.74, 6) is 1.68. The van der Waals surface area contributed by atoms with Gasteiger partial charge in [-0.25, -0.2) is 0 Å². The van der Waals surface area contributed by atoms with Gasteiger partial charge in [0.2, 0.25) is 0 Å². The van der Waals surface area contributed by atoms with E-state index in [1.807, 2.05) is 12.1 Å². The molecule has 1 aromatic carbocycles. The molecule has 2 rings (SSSR count). The SMILES string of the molecule is COc1cccc(CC2(C)CCCN2)c1OC. The van der Waals surface area contributed by atoms with E-state index in [1.165, 1.54) is 18.4 Å². The fraction of sp³-hybridized carbons (Fsp3) is 0.571. The number of benzene rings is 1. The topological polar surface area (TPSA) is 30.5 Å². The predicted octanol–water partition coefficient (Wildman–Crippen LogP) is 2.39. The van der Waals surface area contributed by atoms with Crippen LogP contribution in [0.3, 0.4) is 0 Å². The van der Waals surface area contributed by atoms with Crippen LogP contribution in [0.5, 0.6) is 11.5 Å². The normalized spacial score (nSPS) is 23.7. The number of rotatable bonds is 4. The van der Waals surface area contributed by atoms with E-state index >= 15 is 0 Å². The second-order valence-electron chi connectivity index (χ2n) is 4.92. The number of ether oxygens (including phenoxy) is 2. The third kappa shape index (κ3) is 2.55. The molecule has 1 unspecified atom stereocenters. The summed E-state index contributed by atoms with van der Waals surface area (Å²) in [6.07, 6.45) is 3.45.